The minimum atomic E-state index is -1.35. The van der Waals surface area contributed by atoms with Gasteiger partial charge in [-0.15, -0.1) is 11.3 Å². The van der Waals surface area contributed by atoms with Gasteiger partial charge in [0.25, 0.3) is 11.9 Å². The molecule has 11 heteroatoms. The van der Waals surface area contributed by atoms with Crippen LogP contribution in [0.4, 0.5) is 5.00 Å². The normalized spacial score (nSPS) is 14.5. The van der Waals surface area contributed by atoms with Crippen molar-refractivity contribution in [1.29, 1.82) is 0 Å². The Labute approximate surface area is 181 Å². The predicted molar refractivity (Wildman–Crippen MR) is 113 cm³/mol. The van der Waals surface area contributed by atoms with Crippen molar-refractivity contribution in [3.63, 3.8) is 0 Å². The average Bonchev–Trinajstić information content (AvgIpc) is 3.10. The number of aromatic carboxylic acids is 1. The number of carbonyl (C=O) groups is 2. The Morgan fingerprint density at radius 1 is 1.20 bits per heavy atom. The number of anilines is 1. The standard InChI is InChI=1S/C19H20N2O7S2/c1-25-11-6-4-10(5-7-11)15(22)20-18(29)21-16-14(17(23)24)12-8-19(26-2,27-3)28-9-13(12)30-16/h4-7H,8-9H2,1-3H3,(H,23,24)(H2,20,21,22,29). The van der Waals surface area contributed by atoms with Crippen molar-refractivity contribution in [2.45, 2.75) is 19.0 Å². The van der Waals surface area contributed by atoms with Crippen LogP contribution in [-0.4, -0.2) is 49.4 Å². The molecule has 1 aliphatic rings. The van der Waals surface area contributed by atoms with E-state index >= 15 is 0 Å². The van der Waals surface area contributed by atoms with Crippen molar-refractivity contribution < 1.29 is 33.6 Å². The monoisotopic (exact) mass is 452 g/mol. The first-order chi connectivity index (χ1) is 14.3. The number of thiophene rings is 1. The van der Waals surface area contributed by atoms with Crippen molar-refractivity contribution in [2.75, 3.05) is 26.6 Å². The number of hydrogen-bond donors (Lipinski definition) is 3. The summed E-state index contributed by atoms with van der Waals surface area (Å²) in [5, 5.41) is 15.4. The molecule has 3 rings (SSSR count). The molecule has 0 radical (unpaired) electrons. The van der Waals surface area contributed by atoms with E-state index in [0.717, 1.165) is 0 Å². The van der Waals surface area contributed by atoms with Gasteiger partial charge in [0.1, 0.15) is 10.8 Å². The van der Waals surface area contributed by atoms with Gasteiger partial charge in [0.05, 0.1) is 25.7 Å². The second-order valence-electron chi connectivity index (χ2n) is 6.21. The molecule has 0 bridgehead atoms. The number of carboxylic acids is 1. The number of amides is 1. The Morgan fingerprint density at radius 2 is 1.87 bits per heavy atom. The van der Waals surface area contributed by atoms with Gasteiger partial charge in [-0.2, -0.15) is 0 Å². The smallest absolute Gasteiger partial charge is 0.339 e. The third kappa shape index (κ3) is 4.45. The lowest BCUT2D eigenvalue weighted by molar-refractivity contribution is -0.370. The van der Waals surface area contributed by atoms with Gasteiger partial charge < -0.3 is 29.4 Å². The number of fused-ring (bicyclic) bond motifs is 1. The Balaban J connectivity index is 1.78. The summed E-state index contributed by atoms with van der Waals surface area (Å²) in [4.78, 5) is 25.0. The molecule has 30 heavy (non-hydrogen) atoms. The minimum Gasteiger partial charge on any atom is -0.497 e. The second kappa shape index (κ2) is 9.06. The predicted octanol–water partition coefficient (Wildman–Crippen LogP) is 2.60. The molecule has 160 valence electrons. The van der Waals surface area contributed by atoms with Gasteiger partial charge in [-0.25, -0.2) is 4.79 Å². The number of ether oxygens (including phenoxy) is 4. The molecule has 0 saturated heterocycles. The number of rotatable bonds is 6. The highest BCUT2D eigenvalue weighted by atomic mass is 32.1. The maximum Gasteiger partial charge on any atom is 0.339 e. The summed E-state index contributed by atoms with van der Waals surface area (Å²) < 4.78 is 21.2. The van der Waals surface area contributed by atoms with Crippen molar-refractivity contribution in [1.82, 2.24) is 5.32 Å². The summed E-state index contributed by atoms with van der Waals surface area (Å²) >= 11 is 6.39. The first kappa shape index (κ1) is 22.1. The quantitative estimate of drug-likeness (QED) is 0.449. The zero-order chi connectivity index (χ0) is 21.9. The summed E-state index contributed by atoms with van der Waals surface area (Å²) in [6.07, 6.45) is 0.0973. The summed E-state index contributed by atoms with van der Waals surface area (Å²) in [5.41, 5.74) is 0.953. The molecule has 0 atom stereocenters. The fourth-order valence-electron chi connectivity index (χ4n) is 2.97. The fraction of sp³-hybridized carbons (Fsp3) is 0.316. The Morgan fingerprint density at radius 3 is 2.43 bits per heavy atom. The van der Waals surface area contributed by atoms with Crippen LogP contribution < -0.4 is 15.4 Å². The van der Waals surface area contributed by atoms with Gasteiger partial charge in [-0.05, 0) is 42.0 Å². The highest BCUT2D eigenvalue weighted by Gasteiger charge is 2.40. The van der Waals surface area contributed by atoms with Crippen LogP contribution in [-0.2, 0) is 27.2 Å². The molecule has 2 aromatic rings. The summed E-state index contributed by atoms with van der Waals surface area (Å²) in [5.74, 6) is -2.30. The third-order valence-electron chi connectivity index (χ3n) is 4.55. The van der Waals surface area contributed by atoms with E-state index in [9.17, 15) is 14.7 Å². The molecule has 1 aliphatic heterocycles. The third-order valence-corrected chi connectivity index (χ3v) is 5.87. The van der Waals surface area contributed by atoms with E-state index in [0.29, 0.717) is 26.8 Å². The molecule has 0 fully saturated rings. The lowest BCUT2D eigenvalue weighted by Gasteiger charge is -2.33. The maximum atomic E-state index is 12.4. The topological polar surface area (TPSA) is 115 Å². The zero-order valence-corrected chi connectivity index (χ0v) is 18.1. The fourth-order valence-corrected chi connectivity index (χ4v) is 4.36. The Bertz CT molecular complexity index is 968. The van der Waals surface area contributed by atoms with Crippen LogP contribution in [0.5, 0.6) is 5.75 Å². The van der Waals surface area contributed by atoms with Crippen LogP contribution in [0.3, 0.4) is 0 Å². The molecule has 1 amide bonds. The van der Waals surface area contributed by atoms with Crippen LogP contribution in [0.15, 0.2) is 24.3 Å². The lowest BCUT2D eigenvalue weighted by Crippen LogP contribution is -2.42. The summed E-state index contributed by atoms with van der Waals surface area (Å²) in [6, 6.07) is 6.49. The molecule has 0 aliphatic carbocycles. The molecule has 2 heterocycles. The van der Waals surface area contributed by atoms with E-state index < -0.39 is 17.8 Å². The van der Waals surface area contributed by atoms with Crippen molar-refractivity contribution in [2.24, 2.45) is 0 Å². The number of carbonyl (C=O) groups excluding carboxylic acids is 1. The molecule has 1 aromatic heterocycles. The Hall–Kier alpha value is -2.57. The zero-order valence-electron chi connectivity index (χ0n) is 16.4. The largest absolute Gasteiger partial charge is 0.497 e. The van der Waals surface area contributed by atoms with Crippen LogP contribution in [0.2, 0.25) is 0 Å². The van der Waals surface area contributed by atoms with Crippen LogP contribution >= 0.6 is 23.6 Å². The van der Waals surface area contributed by atoms with Gasteiger partial charge in [0.15, 0.2) is 5.11 Å². The highest BCUT2D eigenvalue weighted by Crippen LogP contribution is 2.41. The van der Waals surface area contributed by atoms with Gasteiger partial charge in [-0.1, -0.05) is 0 Å². The molecule has 9 nitrogen and oxygen atoms in total. The first-order valence-electron chi connectivity index (χ1n) is 8.71. The number of hydrogen-bond acceptors (Lipinski definition) is 8. The van der Waals surface area contributed by atoms with Crippen LogP contribution in [0, 0.1) is 0 Å². The van der Waals surface area contributed by atoms with E-state index in [4.69, 9.17) is 31.2 Å². The molecule has 0 spiro atoms. The summed E-state index contributed by atoms with van der Waals surface area (Å²) in [6.45, 7) is 0.120. The SMILES string of the molecule is COc1ccc(C(=O)NC(=S)Nc2sc3c(c2C(=O)O)CC(OC)(OC)OC3)cc1. The molecule has 3 N–H and O–H groups in total. The van der Waals surface area contributed by atoms with Gasteiger partial charge in [-0.3, -0.25) is 10.1 Å². The number of thiocarbonyl (C=S) groups is 1. The average molecular weight is 453 g/mol. The van der Waals surface area contributed by atoms with E-state index in [-0.39, 0.29) is 23.7 Å². The van der Waals surface area contributed by atoms with Crippen molar-refractivity contribution in [3.05, 3.63) is 45.8 Å². The van der Waals surface area contributed by atoms with Gasteiger partial charge in [0, 0.05) is 24.7 Å². The van der Waals surface area contributed by atoms with E-state index in [2.05, 4.69) is 10.6 Å². The minimum absolute atomic E-state index is 0.0254. The number of methoxy groups -OCH3 is 3. The van der Waals surface area contributed by atoms with Crippen molar-refractivity contribution >= 4 is 45.5 Å². The highest BCUT2D eigenvalue weighted by molar-refractivity contribution is 7.80. The van der Waals surface area contributed by atoms with Crippen LogP contribution in [0.1, 0.15) is 31.2 Å². The molecule has 0 saturated carbocycles. The summed E-state index contributed by atoms with van der Waals surface area (Å²) in [7, 11) is 4.37. The Kier molecular flexibility index (Phi) is 6.68. The van der Waals surface area contributed by atoms with Gasteiger partial charge in [0.2, 0.25) is 0 Å². The maximum absolute atomic E-state index is 12.4. The molecular formula is C19H20N2O7S2. The van der Waals surface area contributed by atoms with Crippen LogP contribution in [0.25, 0.3) is 0 Å². The second-order valence-corrected chi connectivity index (χ2v) is 7.72. The first-order valence-corrected chi connectivity index (χ1v) is 9.93. The van der Waals surface area contributed by atoms with E-state index in [1.807, 2.05) is 0 Å². The van der Waals surface area contributed by atoms with E-state index in [1.165, 1.54) is 32.7 Å². The molecule has 0 unspecified atom stereocenters. The van der Waals surface area contributed by atoms with Gasteiger partial charge >= 0.3 is 5.97 Å². The number of carboxylic acid groups (broad SMARTS) is 1. The number of nitrogens with one attached hydrogen (secondary N) is 2. The number of benzene rings is 1. The molecule has 1 aromatic carbocycles. The van der Waals surface area contributed by atoms with E-state index in [1.54, 1.807) is 24.3 Å². The molecular weight excluding hydrogens is 432 g/mol. The van der Waals surface area contributed by atoms with Crippen molar-refractivity contribution in [3.8, 4) is 5.75 Å². The lowest BCUT2D eigenvalue weighted by atomic mass is 10.0.